The van der Waals surface area contributed by atoms with Crippen molar-refractivity contribution in [3.05, 3.63) is 75.8 Å². The molecule has 0 aliphatic heterocycles. The van der Waals surface area contributed by atoms with Gasteiger partial charge in [-0.05, 0) is 43.2 Å². The molecule has 1 atom stereocenters. The highest BCUT2D eigenvalue weighted by Crippen LogP contribution is 2.17. The Hall–Kier alpha value is -3.10. The van der Waals surface area contributed by atoms with Crippen LogP contribution in [0.25, 0.3) is 6.08 Å². The van der Waals surface area contributed by atoms with Crippen molar-refractivity contribution in [2.75, 3.05) is 6.61 Å². The van der Waals surface area contributed by atoms with E-state index in [1.54, 1.807) is 43.3 Å². The van der Waals surface area contributed by atoms with E-state index in [9.17, 15) is 9.59 Å². The summed E-state index contributed by atoms with van der Waals surface area (Å²) in [5, 5.41) is 12.4. The second-order valence-corrected chi connectivity index (χ2v) is 6.44. The molecule has 0 aliphatic rings. The highest BCUT2D eigenvalue weighted by Gasteiger charge is 2.15. The van der Waals surface area contributed by atoms with Gasteiger partial charge in [-0.3, -0.25) is 4.79 Å². The van der Waals surface area contributed by atoms with Gasteiger partial charge in [0, 0.05) is 5.02 Å². The van der Waals surface area contributed by atoms with Crippen molar-refractivity contribution in [2.45, 2.75) is 19.9 Å². The van der Waals surface area contributed by atoms with Gasteiger partial charge < -0.3 is 10.1 Å². The third kappa shape index (κ3) is 6.28. The zero-order chi connectivity index (χ0) is 19.8. The summed E-state index contributed by atoms with van der Waals surface area (Å²) in [5.74, 6) is -1.31. The number of rotatable bonds is 6. The molecule has 1 N–H and O–H groups in total. The number of nitrogens with zero attached hydrogens (tertiary/aromatic N) is 1. The summed E-state index contributed by atoms with van der Waals surface area (Å²) in [5.41, 5.74) is 2.43. The minimum absolute atomic E-state index is 0.172. The van der Waals surface area contributed by atoms with Gasteiger partial charge in [0.15, 0.2) is 6.61 Å². The van der Waals surface area contributed by atoms with Gasteiger partial charge in [-0.2, -0.15) is 5.26 Å². The Bertz CT molecular complexity index is 898. The SMILES string of the molecule is Cc1ccc(/C=C(\C#N)C(=O)OCC(=O)N[C@@H](C)c2cccc(Cl)c2)cc1. The van der Waals surface area contributed by atoms with Crippen LogP contribution in [0.4, 0.5) is 0 Å². The molecule has 0 spiro atoms. The van der Waals surface area contributed by atoms with E-state index < -0.39 is 18.5 Å². The molecule has 0 heterocycles. The third-order valence-electron chi connectivity index (χ3n) is 3.79. The van der Waals surface area contributed by atoms with E-state index in [0.717, 1.165) is 11.1 Å². The molecular formula is C21H19ClN2O3. The predicted molar refractivity (Wildman–Crippen MR) is 104 cm³/mol. The highest BCUT2D eigenvalue weighted by molar-refractivity contribution is 6.30. The number of hydrogen-bond donors (Lipinski definition) is 1. The van der Waals surface area contributed by atoms with E-state index in [1.165, 1.54) is 6.08 Å². The normalized spacial score (nSPS) is 12.0. The second kappa shape index (κ2) is 9.56. The van der Waals surface area contributed by atoms with E-state index in [1.807, 2.05) is 25.1 Å². The number of benzene rings is 2. The molecule has 2 aromatic carbocycles. The molecule has 1 amide bonds. The zero-order valence-electron chi connectivity index (χ0n) is 15.0. The third-order valence-corrected chi connectivity index (χ3v) is 4.02. The van der Waals surface area contributed by atoms with Gasteiger partial charge in [0.05, 0.1) is 6.04 Å². The Morgan fingerprint density at radius 1 is 1.26 bits per heavy atom. The first-order valence-electron chi connectivity index (χ1n) is 8.29. The van der Waals surface area contributed by atoms with Crippen molar-refractivity contribution in [1.29, 1.82) is 5.26 Å². The van der Waals surface area contributed by atoms with Gasteiger partial charge in [0.2, 0.25) is 0 Å². The number of esters is 1. The summed E-state index contributed by atoms with van der Waals surface area (Å²) in [6.45, 7) is 3.26. The summed E-state index contributed by atoms with van der Waals surface area (Å²) in [6.07, 6.45) is 1.42. The summed E-state index contributed by atoms with van der Waals surface area (Å²) in [6, 6.07) is 15.9. The van der Waals surface area contributed by atoms with Crippen molar-refractivity contribution < 1.29 is 14.3 Å². The van der Waals surface area contributed by atoms with Crippen LogP contribution in [-0.4, -0.2) is 18.5 Å². The van der Waals surface area contributed by atoms with Crippen molar-refractivity contribution >= 4 is 29.6 Å². The summed E-state index contributed by atoms with van der Waals surface area (Å²) >= 11 is 5.94. The van der Waals surface area contributed by atoms with E-state index in [2.05, 4.69) is 5.32 Å². The van der Waals surface area contributed by atoms with Crippen LogP contribution in [0, 0.1) is 18.3 Å². The number of halogens is 1. The fourth-order valence-electron chi connectivity index (χ4n) is 2.32. The molecule has 0 unspecified atom stereocenters. The lowest BCUT2D eigenvalue weighted by atomic mass is 10.1. The minimum atomic E-state index is -0.844. The molecule has 0 fully saturated rings. The maximum Gasteiger partial charge on any atom is 0.349 e. The van der Waals surface area contributed by atoms with Crippen molar-refractivity contribution in [1.82, 2.24) is 5.32 Å². The van der Waals surface area contributed by atoms with Crippen LogP contribution in [0.5, 0.6) is 0 Å². The molecule has 2 rings (SSSR count). The van der Waals surface area contributed by atoms with Gasteiger partial charge in [0.1, 0.15) is 11.6 Å². The topological polar surface area (TPSA) is 79.2 Å². The molecule has 0 radical (unpaired) electrons. The molecule has 0 aliphatic carbocycles. The lowest BCUT2D eigenvalue weighted by molar-refractivity contribution is -0.144. The Morgan fingerprint density at radius 2 is 1.96 bits per heavy atom. The fourth-order valence-corrected chi connectivity index (χ4v) is 2.52. The van der Waals surface area contributed by atoms with Gasteiger partial charge in [-0.1, -0.05) is 53.6 Å². The zero-order valence-corrected chi connectivity index (χ0v) is 15.8. The van der Waals surface area contributed by atoms with E-state index in [4.69, 9.17) is 21.6 Å². The van der Waals surface area contributed by atoms with Crippen LogP contribution in [0.15, 0.2) is 54.1 Å². The smallest absolute Gasteiger partial charge is 0.349 e. The molecule has 27 heavy (non-hydrogen) atoms. The average Bonchev–Trinajstić information content (AvgIpc) is 2.65. The summed E-state index contributed by atoms with van der Waals surface area (Å²) in [7, 11) is 0. The number of carbonyl (C=O) groups excluding carboxylic acids is 2. The van der Waals surface area contributed by atoms with Crippen LogP contribution in [0.3, 0.4) is 0 Å². The van der Waals surface area contributed by atoms with Gasteiger partial charge in [0.25, 0.3) is 5.91 Å². The van der Waals surface area contributed by atoms with Crippen LogP contribution in [0.1, 0.15) is 29.7 Å². The molecule has 0 saturated heterocycles. The number of amides is 1. The Kier molecular flexibility index (Phi) is 7.16. The lowest BCUT2D eigenvalue weighted by Crippen LogP contribution is -2.31. The average molecular weight is 383 g/mol. The Labute approximate surface area is 163 Å². The molecule has 2 aromatic rings. The van der Waals surface area contributed by atoms with Crippen LogP contribution in [0.2, 0.25) is 5.02 Å². The molecule has 5 nitrogen and oxygen atoms in total. The maximum absolute atomic E-state index is 12.0. The van der Waals surface area contributed by atoms with Gasteiger partial charge in [-0.15, -0.1) is 0 Å². The quantitative estimate of drug-likeness (QED) is 0.465. The van der Waals surface area contributed by atoms with E-state index in [0.29, 0.717) is 10.6 Å². The van der Waals surface area contributed by atoms with Crippen LogP contribution < -0.4 is 5.32 Å². The van der Waals surface area contributed by atoms with Crippen molar-refractivity contribution in [3.63, 3.8) is 0 Å². The monoisotopic (exact) mass is 382 g/mol. The Balaban J connectivity index is 1.92. The first kappa shape index (κ1) is 20.2. The molecule has 0 saturated carbocycles. The van der Waals surface area contributed by atoms with E-state index in [-0.39, 0.29) is 11.6 Å². The second-order valence-electron chi connectivity index (χ2n) is 6.00. The number of carbonyl (C=O) groups is 2. The number of nitriles is 1. The van der Waals surface area contributed by atoms with Crippen LogP contribution in [-0.2, 0) is 14.3 Å². The lowest BCUT2D eigenvalue weighted by Gasteiger charge is -2.14. The van der Waals surface area contributed by atoms with Gasteiger partial charge >= 0.3 is 5.97 Å². The maximum atomic E-state index is 12.0. The highest BCUT2D eigenvalue weighted by atomic mass is 35.5. The van der Waals surface area contributed by atoms with Crippen LogP contribution >= 0.6 is 11.6 Å². The predicted octanol–water partition coefficient (Wildman–Crippen LogP) is 3.98. The minimum Gasteiger partial charge on any atom is -0.451 e. The van der Waals surface area contributed by atoms with Crippen molar-refractivity contribution in [2.24, 2.45) is 0 Å². The molecular weight excluding hydrogens is 364 g/mol. The molecule has 138 valence electrons. The fraction of sp³-hybridized carbons (Fsp3) is 0.190. The first-order valence-corrected chi connectivity index (χ1v) is 8.67. The van der Waals surface area contributed by atoms with E-state index >= 15 is 0 Å². The summed E-state index contributed by atoms with van der Waals surface area (Å²) < 4.78 is 4.95. The number of ether oxygens (including phenoxy) is 1. The molecule has 0 bridgehead atoms. The molecule has 6 heteroatoms. The van der Waals surface area contributed by atoms with Crippen molar-refractivity contribution in [3.8, 4) is 6.07 Å². The number of nitrogens with one attached hydrogen (secondary N) is 1. The first-order chi connectivity index (χ1) is 12.9. The number of aryl methyl sites for hydroxylation is 1. The standard InChI is InChI=1S/C21H19ClN2O3/c1-14-6-8-16(9-7-14)10-18(12-23)21(26)27-13-20(25)24-15(2)17-4-3-5-19(22)11-17/h3-11,15H,13H2,1-2H3,(H,24,25)/b18-10+/t15-/m0/s1. The largest absolute Gasteiger partial charge is 0.451 e. The number of hydrogen-bond acceptors (Lipinski definition) is 4. The summed E-state index contributed by atoms with van der Waals surface area (Å²) in [4.78, 5) is 24.0. The molecule has 0 aromatic heterocycles. The van der Waals surface area contributed by atoms with Gasteiger partial charge in [-0.25, -0.2) is 4.79 Å². The Morgan fingerprint density at radius 3 is 2.59 bits per heavy atom.